The molecule has 1 amide bonds. The number of ether oxygens (including phenoxy) is 2. The Morgan fingerprint density at radius 2 is 1.62 bits per heavy atom. The van der Waals surface area contributed by atoms with E-state index in [1.165, 1.54) is 21.3 Å². The lowest BCUT2D eigenvalue weighted by Gasteiger charge is -2.33. The summed E-state index contributed by atoms with van der Waals surface area (Å²) in [5, 5.41) is 0. The second-order valence-corrected chi connectivity index (χ2v) is 9.09. The molecular formula is C22H25FN2O6S. The molecule has 0 spiro atoms. The van der Waals surface area contributed by atoms with Crippen LogP contribution in [0.25, 0.3) is 0 Å². The highest BCUT2D eigenvalue weighted by atomic mass is 32.2. The van der Waals surface area contributed by atoms with Crippen molar-refractivity contribution in [2.45, 2.75) is 18.2 Å². The number of amides is 1. The van der Waals surface area contributed by atoms with Crippen LogP contribution in [-0.4, -0.2) is 68.9 Å². The van der Waals surface area contributed by atoms with Crippen molar-refractivity contribution in [1.82, 2.24) is 9.21 Å². The van der Waals surface area contributed by atoms with E-state index >= 15 is 0 Å². The SMILES string of the molecule is CCc1ccccc1OCC(=O)OCC(=O)N1CCN(S(=O)(=O)c2ccc(F)cc2)CC1. The molecule has 1 aliphatic rings. The first-order chi connectivity index (χ1) is 15.3. The summed E-state index contributed by atoms with van der Waals surface area (Å²) in [5.74, 6) is -1.00. The average molecular weight is 465 g/mol. The van der Waals surface area contributed by atoms with Gasteiger partial charge in [-0.15, -0.1) is 0 Å². The van der Waals surface area contributed by atoms with E-state index in [0.29, 0.717) is 5.75 Å². The normalized spacial score (nSPS) is 14.8. The molecule has 10 heteroatoms. The van der Waals surface area contributed by atoms with Gasteiger partial charge in [0.15, 0.2) is 13.2 Å². The molecule has 2 aromatic rings. The second-order valence-electron chi connectivity index (χ2n) is 7.15. The van der Waals surface area contributed by atoms with Crippen LogP contribution in [0.3, 0.4) is 0 Å². The third-order valence-corrected chi connectivity index (χ3v) is 7.01. The molecule has 1 saturated heterocycles. The van der Waals surface area contributed by atoms with Crippen LogP contribution in [-0.2, 0) is 30.8 Å². The number of aryl methyl sites for hydroxylation is 1. The highest BCUT2D eigenvalue weighted by Crippen LogP contribution is 2.19. The standard InChI is InChI=1S/C22H25FN2O6S/c1-2-17-5-3-4-6-20(17)30-16-22(27)31-15-21(26)24-11-13-25(14-12-24)32(28,29)19-9-7-18(23)8-10-19/h3-10H,2,11-16H2,1H3. The summed E-state index contributed by atoms with van der Waals surface area (Å²) in [4.78, 5) is 25.7. The van der Waals surface area contributed by atoms with E-state index in [9.17, 15) is 22.4 Å². The molecular weight excluding hydrogens is 439 g/mol. The number of benzene rings is 2. The summed E-state index contributed by atoms with van der Waals surface area (Å²) in [6.45, 7) is 1.74. The van der Waals surface area contributed by atoms with Crippen molar-refractivity contribution in [2.75, 3.05) is 39.4 Å². The number of rotatable bonds is 8. The molecule has 0 saturated carbocycles. The zero-order valence-electron chi connectivity index (χ0n) is 17.7. The number of nitrogens with zero attached hydrogens (tertiary/aromatic N) is 2. The molecule has 8 nitrogen and oxygen atoms in total. The minimum absolute atomic E-state index is 0.00254. The Balaban J connectivity index is 1.44. The number of para-hydroxylation sites is 1. The van der Waals surface area contributed by atoms with Crippen LogP contribution in [0.1, 0.15) is 12.5 Å². The number of piperazine rings is 1. The highest BCUT2D eigenvalue weighted by Gasteiger charge is 2.30. The molecule has 32 heavy (non-hydrogen) atoms. The first-order valence-corrected chi connectivity index (χ1v) is 11.6. The van der Waals surface area contributed by atoms with Gasteiger partial charge in [0.1, 0.15) is 11.6 Å². The Morgan fingerprint density at radius 1 is 0.969 bits per heavy atom. The number of carbonyl (C=O) groups excluding carboxylic acids is 2. The molecule has 0 aliphatic carbocycles. The van der Waals surface area contributed by atoms with Gasteiger partial charge < -0.3 is 14.4 Å². The topological polar surface area (TPSA) is 93.2 Å². The van der Waals surface area contributed by atoms with Gasteiger partial charge in [-0.3, -0.25) is 4.79 Å². The van der Waals surface area contributed by atoms with Gasteiger partial charge >= 0.3 is 5.97 Å². The molecule has 1 aliphatic heterocycles. The molecule has 0 N–H and O–H groups in total. The Morgan fingerprint density at radius 3 is 2.28 bits per heavy atom. The van der Waals surface area contributed by atoms with Crippen LogP contribution >= 0.6 is 0 Å². The van der Waals surface area contributed by atoms with E-state index in [4.69, 9.17) is 9.47 Å². The van der Waals surface area contributed by atoms with Crippen molar-refractivity contribution in [3.05, 3.63) is 59.9 Å². The van der Waals surface area contributed by atoms with E-state index in [0.717, 1.165) is 24.1 Å². The van der Waals surface area contributed by atoms with E-state index in [2.05, 4.69) is 0 Å². The zero-order chi connectivity index (χ0) is 23.1. The lowest BCUT2D eigenvalue weighted by molar-refractivity contribution is -0.154. The highest BCUT2D eigenvalue weighted by molar-refractivity contribution is 7.89. The number of hydrogen-bond donors (Lipinski definition) is 0. The minimum Gasteiger partial charge on any atom is -0.482 e. The maximum absolute atomic E-state index is 13.1. The number of sulfonamides is 1. The molecule has 0 atom stereocenters. The van der Waals surface area contributed by atoms with E-state index in [1.54, 1.807) is 12.1 Å². The van der Waals surface area contributed by atoms with Crippen LogP contribution in [0.4, 0.5) is 4.39 Å². The number of esters is 1. The smallest absolute Gasteiger partial charge is 0.344 e. The van der Waals surface area contributed by atoms with Gasteiger partial charge in [-0.1, -0.05) is 25.1 Å². The van der Waals surface area contributed by atoms with Gasteiger partial charge in [0.2, 0.25) is 10.0 Å². The van der Waals surface area contributed by atoms with Crippen molar-refractivity contribution >= 4 is 21.9 Å². The summed E-state index contributed by atoms with van der Waals surface area (Å²) in [6.07, 6.45) is 0.757. The Bertz CT molecular complexity index is 1050. The van der Waals surface area contributed by atoms with Gasteiger partial charge in [-0.25, -0.2) is 17.6 Å². The fourth-order valence-corrected chi connectivity index (χ4v) is 4.70. The van der Waals surface area contributed by atoms with Crippen molar-refractivity contribution in [3.63, 3.8) is 0 Å². The van der Waals surface area contributed by atoms with Crippen LogP contribution in [0, 0.1) is 5.82 Å². The van der Waals surface area contributed by atoms with Crippen LogP contribution in [0.15, 0.2) is 53.4 Å². The molecule has 3 rings (SSSR count). The summed E-state index contributed by atoms with van der Waals surface area (Å²) in [6, 6.07) is 12.0. The molecule has 2 aromatic carbocycles. The summed E-state index contributed by atoms with van der Waals surface area (Å²) in [5.41, 5.74) is 0.963. The average Bonchev–Trinajstić information content (AvgIpc) is 2.81. The fourth-order valence-electron chi connectivity index (χ4n) is 3.28. The van der Waals surface area contributed by atoms with Gasteiger partial charge in [-0.05, 0) is 42.3 Å². The second kappa shape index (κ2) is 10.6. The first-order valence-electron chi connectivity index (χ1n) is 10.2. The van der Waals surface area contributed by atoms with E-state index in [1.807, 2.05) is 19.1 Å². The number of hydrogen-bond acceptors (Lipinski definition) is 6. The van der Waals surface area contributed by atoms with Gasteiger partial charge in [0.25, 0.3) is 5.91 Å². The largest absolute Gasteiger partial charge is 0.482 e. The Kier molecular flexibility index (Phi) is 7.81. The van der Waals surface area contributed by atoms with Gasteiger partial charge in [0.05, 0.1) is 4.90 Å². The quantitative estimate of drug-likeness (QED) is 0.554. The number of halogens is 1. The predicted octanol–water partition coefficient (Wildman–Crippen LogP) is 1.84. The fraction of sp³-hybridized carbons (Fsp3) is 0.364. The molecule has 1 heterocycles. The van der Waals surface area contributed by atoms with Crippen LogP contribution in [0.5, 0.6) is 5.75 Å². The first kappa shape index (κ1) is 23.7. The maximum Gasteiger partial charge on any atom is 0.344 e. The predicted molar refractivity (Wildman–Crippen MR) is 114 cm³/mol. The zero-order valence-corrected chi connectivity index (χ0v) is 18.5. The summed E-state index contributed by atoms with van der Waals surface area (Å²) in [7, 11) is -3.77. The molecule has 0 aromatic heterocycles. The third kappa shape index (κ3) is 5.83. The van der Waals surface area contributed by atoms with Crippen molar-refractivity contribution in [2.24, 2.45) is 0 Å². The van der Waals surface area contributed by atoms with Crippen molar-refractivity contribution < 1.29 is 31.9 Å². The molecule has 172 valence electrons. The summed E-state index contributed by atoms with van der Waals surface area (Å²) >= 11 is 0. The third-order valence-electron chi connectivity index (χ3n) is 5.10. The molecule has 0 unspecified atom stereocenters. The molecule has 1 fully saturated rings. The lowest BCUT2D eigenvalue weighted by atomic mass is 10.1. The van der Waals surface area contributed by atoms with Gasteiger partial charge in [0, 0.05) is 26.2 Å². The monoisotopic (exact) mass is 464 g/mol. The Labute approximate surface area is 186 Å². The number of carbonyl (C=O) groups is 2. The Hall–Kier alpha value is -2.98. The van der Waals surface area contributed by atoms with Crippen LogP contribution < -0.4 is 4.74 Å². The van der Waals surface area contributed by atoms with Crippen LogP contribution in [0.2, 0.25) is 0 Å². The van der Waals surface area contributed by atoms with Crippen molar-refractivity contribution in [3.8, 4) is 5.75 Å². The minimum atomic E-state index is -3.77. The van der Waals surface area contributed by atoms with E-state index in [-0.39, 0.29) is 37.7 Å². The van der Waals surface area contributed by atoms with Crippen molar-refractivity contribution in [1.29, 1.82) is 0 Å². The lowest BCUT2D eigenvalue weighted by Crippen LogP contribution is -2.51. The summed E-state index contributed by atoms with van der Waals surface area (Å²) < 4.78 is 50.1. The van der Waals surface area contributed by atoms with Gasteiger partial charge in [-0.2, -0.15) is 4.31 Å². The molecule has 0 bridgehead atoms. The maximum atomic E-state index is 13.1. The van der Waals surface area contributed by atoms with E-state index < -0.39 is 34.3 Å². The molecule has 0 radical (unpaired) electrons.